The van der Waals surface area contributed by atoms with Gasteiger partial charge in [-0.25, -0.2) is 0 Å². The monoisotopic (exact) mass is 259 g/mol. The Balaban J connectivity index is 2.09. The summed E-state index contributed by atoms with van der Waals surface area (Å²) >= 11 is 0. The first kappa shape index (κ1) is 14.9. The minimum Gasteiger partial charge on any atom is -0.481 e. The van der Waals surface area contributed by atoms with Gasteiger partial charge in [0.1, 0.15) is 0 Å². The topological polar surface area (TPSA) is 95.9 Å². The van der Waals surface area contributed by atoms with Crippen LogP contribution >= 0.6 is 0 Å². The summed E-state index contributed by atoms with van der Waals surface area (Å²) in [5.74, 6) is -1.39. The maximum atomic E-state index is 11.7. The van der Waals surface area contributed by atoms with Gasteiger partial charge in [0.25, 0.3) is 0 Å². The van der Waals surface area contributed by atoms with Crippen molar-refractivity contribution >= 4 is 11.9 Å². The summed E-state index contributed by atoms with van der Waals surface area (Å²) in [5, 5.41) is 20.1. The Morgan fingerprint density at radius 2 is 1.94 bits per heavy atom. The number of ether oxygens (including phenoxy) is 1. The number of rotatable bonds is 8. The molecule has 6 nitrogen and oxygen atoms in total. The van der Waals surface area contributed by atoms with Gasteiger partial charge in [0.15, 0.2) is 0 Å². The van der Waals surface area contributed by atoms with Crippen molar-refractivity contribution in [3.8, 4) is 0 Å². The predicted octanol–water partition coefficient (Wildman–Crippen LogP) is 0.00250. The maximum absolute atomic E-state index is 11.7. The molecule has 0 saturated heterocycles. The minimum atomic E-state index is -0.803. The van der Waals surface area contributed by atoms with Gasteiger partial charge in [-0.15, -0.1) is 0 Å². The lowest BCUT2D eigenvalue weighted by molar-refractivity contribution is -0.141. The number of carboxylic acid groups (broad SMARTS) is 1. The van der Waals surface area contributed by atoms with Crippen molar-refractivity contribution in [1.82, 2.24) is 5.32 Å². The third kappa shape index (κ3) is 5.01. The third-order valence-corrected chi connectivity index (χ3v) is 3.15. The van der Waals surface area contributed by atoms with E-state index in [9.17, 15) is 9.59 Å². The fraction of sp³-hybridized carbons (Fsp3) is 0.833. The molecule has 1 aliphatic rings. The molecule has 6 heteroatoms. The molecule has 104 valence electrons. The van der Waals surface area contributed by atoms with Crippen molar-refractivity contribution in [3.05, 3.63) is 0 Å². The van der Waals surface area contributed by atoms with E-state index in [-0.39, 0.29) is 24.3 Å². The number of carbonyl (C=O) groups is 2. The summed E-state index contributed by atoms with van der Waals surface area (Å²) in [6, 6.07) is 0. The van der Waals surface area contributed by atoms with Gasteiger partial charge in [-0.2, -0.15) is 0 Å². The highest BCUT2D eigenvalue weighted by molar-refractivity contribution is 5.80. The van der Waals surface area contributed by atoms with E-state index in [1.54, 1.807) is 0 Å². The third-order valence-electron chi connectivity index (χ3n) is 3.15. The van der Waals surface area contributed by atoms with Crippen molar-refractivity contribution < 1.29 is 24.5 Å². The summed E-state index contributed by atoms with van der Waals surface area (Å²) in [5.41, 5.74) is 0. The molecule has 0 aromatic rings. The van der Waals surface area contributed by atoms with Crippen LogP contribution in [0.5, 0.6) is 0 Å². The van der Waals surface area contributed by atoms with Crippen LogP contribution in [-0.2, 0) is 14.3 Å². The Kier molecular flexibility index (Phi) is 6.67. The van der Waals surface area contributed by atoms with E-state index >= 15 is 0 Å². The van der Waals surface area contributed by atoms with Crippen molar-refractivity contribution in [2.75, 3.05) is 26.4 Å². The lowest BCUT2D eigenvalue weighted by Crippen LogP contribution is -2.31. The van der Waals surface area contributed by atoms with Crippen LogP contribution in [0.3, 0.4) is 0 Å². The second-order valence-electron chi connectivity index (χ2n) is 4.53. The molecule has 3 N–H and O–H groups in total. The summed E-state index contributed by atoms with van der Waals surface area (Å²) in [4.78, 5) is 22.5. The summed E-state index contributed by atoms with van der Waals surface area (Å²) in [7, 11) is 0. The summed E-state index contributed by atoms with van der Waals surface area (Å²) in [6.45, 7) is 1.35. The van der Waals surface area contributed by atoms with Crippen molar-refractivity contribution in [1.29, 1.82) is 0 Å². The van der Waals surface area contributed by atoms with E-state index in [0.29, 0.717) is 45.4 Å². The van der Waals surface area contributed by atoms with Gasteiger partial charge in [0.2, 0.25) is 5.91 Å². The smallest absolute Gasteiger partial charge is 0.306 e. The first-order chi connectivity index (χ1) is 8.65. The molecule has 0 unspecified atom stereocenters. The van der Waals surface area contributed by atoms with Gasteiger partial charge in [0, 0.05) is 19.1 Å². The van der Waals surface area contributed by atoms with E-state index in [2.05, 4.69) is 5.32 Å². The van der Waals surface area contributed by atoms with Crippen LogP contribution in [0.4, 0.5) is 0 Å². The predicted molar refractivity (Wildman–Crippen MR) is 64.0 cm³/mol. The maximum Gasteiger partial charge on any atom is 0.306 e. The summed E-state index contributed by atoms with van der Waals surface area (Å²) < 4.78 is 5.06. The number of aliphatic carboxylic acids is 1. The van der Waals surface area contributed by atoms with Crippen LogP contribution in [0.2, 0.25) is 0 Å². The van der Waals surface area contributed by atoms with Crippen LogP contribution in [0.25, 0.3) is 0 Å². The number of nitrogens with one attached hydrogen (secondary N) is 1. The van der Waals surface area contributed by atoms with Gasteiger partial charge in [-0.3, -0.25) is 9.59 Å². The molecule has 0 bridgehead atoms. The fourth-order valence-electron chi connectivity index (χ4n) is 2.14. The number of hydrogen-bond donors (Lipinski definition) is 3. The molecular formula is C12H21NO5. The molecule has 0 aromatic heterocycles. The van der Waals surface area contributed by atoms with E-state index in [1.165, 1.54) is 0 Å². The zero-order chi connectivity index (χ0) is 13.4. The standard InChI is InChI=1S/C12H21NO5/c14-5-7-18-6-1-4-13-11(15)9-2-3-10(8-9)12(16)17/h9-10,14H,1-8H2,(H,13,15)(H,16,17)/t9-,10+/m1/s1. The second kappa shape index (κ2) is 8.05. The normalized spacial score (nSPS) is 22.9. The highest BCUT2D eigenvalue weighted by Crippen LogP contribution is 2.30. The van der Waals surface area contributed by atoms with E-state index in [0.717, 1.165) is 0 Å². The lowest BCUT2D eigenvalue weighted by atomic mass is 10.0. The molecule has 0 aliphatic heterocycles. The average Bonchev–Trinajstić information content (AvgIpc) is 2.83. The molecular weight excluding hydrogens is 238 g/mol. The number of aliphatic hydroxyl groups excluding tert-OH is 1. The minimum absolute atomic E-state index is 0.00497. The Labute approximate surface area is 106 Å². The number of carbonyl (C=O) groups excluding carboxylic acids is 1. The largest absolute Gasteiger partial charge is 0.481 e. The molecule has 1 fully saturated rings. The molecule has 0 spiro atoms. The molecule has 0 radical (unpaired) electrons. The Bertz CT molecular complexity index is 282. The van der Waals surface area contributed by atoms with Crippen molar-refractivity contribution in [3.63, 3.8) is 0 Å². The highest BCUT2D eigenvalue weighted by Gasteiger charge is 2.33. The fourth-order valence-corrected chi connectivity index (χ4v) is 2.14. The first-order valence-corrected chi connectivity index (χ1v) is 6.34. The van der Waals surface area contributed by atoms with Crippen LogP contribution in [0.1, 0.15) is 25.7 Å². The van der Waals surface area contributed by atoms with Crippen LogP contribution in [-0.4, -0.2) is 48.5 Å². The van der Waals surface area contributed by atoms with Gasteiger partial charge < -0.3 is 20.3 Å². The van der Waals surface area contributed by atoms with Crippen LogP contribution < -0.4 is 5.32 Å². The molecule has 1 rings (SSSR count). The number of aliphatic hydroxyl groups is 1. The number of carboxylic acids is 1. The van der Waals surface area contributed by atoms with Crippen LogP contribution in [0, 0.1) is 11.8 Å². The highest BCUT2D eigenvalue weighted by atomic mass is 16.5. The van der Waals surface area contributed by atoms with Crippen molar-refractivity contribution in [2.45, 2.75) is 25.7 Å². The van der Waals surface area contributed by atoms with Gasteiger partial charge >= 0.3 is 5.97 Å². The summed E-state index contributed by atoms with van der Waals surface area (Å²) in [6.07, 6.45) is 2.39. The molecule has 1 aliphatic carbocycles. The van der Waals surface area contributed by atoms with E-state index < -0.39 is 5.97 Å². The Morgan fingerprint density at radius 3 is 2.56 bits per heavy atom. The quantitative estimate of drug-likeness (QED) is 0.533. The average molecular weight is 259 g/mol. The zero-order valence-electron chi connectivity index (χ0n) is 10.4. The Morgan fingerprint density at radius 1 is 1.22 bits per heavy atom. The van der Waals surface area contributed by atoms with E-state index in [4.69, 9.17) is 14.9 Å². The SMILES string of the molecule is O=C(O)[C@H]1CC[C@@H](C(=O)NCCCOCCO)C1. The molecule has 2 atom stereocenters. The zero-order valence-corrected chi connectivity index (χ0v) is 10.4. The number of amides is 1. The van der Waals surface area contributed by atoms with E-state index in [1.807, 2.05) is 0 Å². The van der Waals surface area contributed by atoms with Gasteiger partial charge in [0.05, 0.1) is 19.1 Å². The molecule has 0 heterocycles. The lowest BCUT2D eigenvalue weighted by Gasteiger charge is -2.10. The van der Waals surface area contributed by atoms with Crippen molar-refractivity contribution in [2.24, 2.45) is 11.8 Å². The van der Waals surface area contributed by atoms with Crippen LogP contribution in [0.15, 0.2) is 0 Å². The first-order valence-electron chi connectivity index (χ1n) is 6.34. The molecule has 18 heavy (non-hydrogen) atoms. The molecule has 1 amide bonds. The van der Waals surface area contributed by atoms with Gasteiger partial charge in [-0.1, -0.05) is 0 Å². The van der Waals surface area contributed by atoms with Gasteiger partial charge in [-0.05, 0) is 25.7 Å². The number of hydrogen-bond acceptors (Lipinski definition) is 4. The molecule has 0 aromatic carbocycles. The molecule has 1 saturated carbocycles. The Hall–Kier alpha value is -1.14. The second-order valence-corrected chi connectivity index (χ2v) is 4.53.